The van der Waals surface area contributed by atoms with Crippen LogP contribution in [0.5, 0.6) is 0 Å². The summed E-state index contributed by atoms with van der Waals surface area (Å²) in [5.41, 5.74) is 10.9. The van der Waals surface area contributed by atoms with E-state index in [0.717, 1.165) is 70.2 Å². The molecule has 1 aliphatic rings. The van der Waals surface area contributed by atoms with Crippen LogP contribution in [0.3, 0.4) is 0 Å². The van der Waals surface area contributed by atoms with Crippen molar-refractivity contribution in [3.63, 3.8) is 0 Å². The first-order chi connectivity index (χ1) is 20.4. The molecule has 0 heterocycles. The maximum atomic E-state index is 5.52. The molecule has 1 aromatic carbocycles. The molecule has 0 fully saturated rings. The summed E-state index contributed by atoms with van der Waals surface area (Å²) in [5, 5.41) is 7.20. The molecule has 1 aromatic rings. The van der Waals surface area contributed by atoms with Crippen LogP contribution in [0.4, 0.5) is 0 Å². The third-order valence-electron chi connectivity index (χ3n) is 7.53. The summed E-state index contributed by atoms with van der Waals surface area (Å²) >= 11 is 0. The lowest BCUT2D eigenvalue weighted by Gasteiger charge is -2.25. The van der Waals surface area contributed by atoms with Crippen LogP contribution in [0.1, 0.15) is 76.6 Å². The van der Waals surface area contributed by atoms with Gasteiger partial charge in [0, 0.05) is 25.7 Å². The first-order valence-corrected chi connectivity index (χ1v) is 15.0. The summed E-state index contributed by atoms with van der Waals surface area (Å²) in [6.07, 6.45) is 14.9. The van der Waals surface area contributed by atoms with Gasteiger partial charge in [-0.05, 0) is 81.2 Å². The van der Waals surface area contributed by atoms with Crippen LogP contribution in [0.2, 0.25) is 0 Å². The van der Waals surface area contributed by atoms with Gasteiger partial charge in [0.25, 0.3) is 0 Å². The minimum atomic E-state index is 0.0871. The predicted octanol–water partition coefficient (Wildman–Crippen LogP) is 9.21. The van der Waals surface area contributed by atoms with Crippen molar-refractivity contribution in [2.24, 2.45) is 4.99 Å². The molecule has 5 heteroatoms. The van der Waals surface area contributed by atoms with E-state index < -0.39 is 0 Å². The zero-order chi connectivity index (χ0) is 32.1. The van der Waals surface area contributed by atoms with Gasteiger partial charge in [-0.2, -0.15) is 0 Å². The van der Waals surface area contributed by atoms with E-state index in [1.807, 2.05) is 44.9 Å². The van der Waals surface area contributed by atoms with E-state index in [0.29, 0.717) is 6.54 Å². The van der Waals surface area contributed by atoms with E-state index in [2.05, 4.69) is 94.1 Å². The van der Waals surface area contributed by atoms with Crippen molar-refractivity contribution < 1.29 is 4.74 Å². The highest BCUT2D eigenvalue weighted by Crippen LogP contribution is 2.26. The Bertz CT molecular complexity index is 1400. The molecule has 0 spiro atoms. The van der Waals surface area contributed by atoms with Gasteiger partial charge in [0.15, 0.2) is 0 Å². The summed E-state index contributed by atoms with van der Waals surface area (Å²) in [4.78, 5) is 6.88. The number of aliphatic imine (C=N–C) groups is 1. The zero-order valence-corrected chi connectivity index (χ0v) is 27.7. The van der Waals surface area contributed by atoms with Gasteiger partial charge in [-0.3, -0.25) is 4.99 Å². The number of allylic oxidation sites excluding steroid dienone is 7. The molecule has 0 unspecified atom stereocenters. The summed E-state index contributed by atoms with van der Waals surface area (Å²) < 4.78 is 5.52. The molecule has 1 aliphatic carbocycles. The maximum Gasteiger partial charge on any atom is 0.102 e. The number of methoxy groups -OCH3 is 1. The highest BCUT2D eigenvalue weighted by atomic mass is 16.5. The van der Waals surface area contributed by atoms with E-state index in [1.54, 1.807) is 13.3 Å². The fraction of sp³-hybridized carbons (Fsp3) is 0.342. The monoisotopic (exact) mass is 580 g/mol. The Morgan fingerprint density at radius 3 is 2.47 bits per heavy atom. The molecular weight excluding hydrogens is 528 g/mol. The maximum absolute atomic E-state index is 5.52. The lowest BCUT2D eigenvalue weighted by atomic mass is 9.95. The quantitative estimate of drug-likeness (QED) is 0.151. The SMILES string of the molecule is C=CN(C)\C(=C/C(=N\C(C)=C\C)C(=C)N[C@@H](CCC)c1ccc(C(=C)C)c(C)c1)C(=C)NCC1=CC(C)=C(OC)CC=C1. The average Bonchev–Trinajstić information content (AvgIpc) is 3.16. The van der Waals surface area contributed by atoms with Gasteiger partial charge in [-0.25, -0.2) is 0 Å². The van der Waals surface area contributed by atoms with Gasteiger partial charge in [-0.15, -0.1) is 0 Å². The Kier molecular flexibility index (Phi) is 13.8. The lowest BCUT2D eigenvalue weighted by Crippen LogP contribution is -2.27. The van der Waals surface area contributed by atoms with E-state index in [-0.39, 0.29) is 6.04 Å². The molecule has 2 rings (SSSR count). The Labute approximate surface area is 261 Å². The number of nitrogens with one attached hydrogen (secondary N) is 2. The summed E-state index contributed by atoms with van der Waals surface area (Å²) in [6, 6.07) is 6.69. The normalized spacial score (nSPS) is 14.9. The van der Waals surface area contributed by atoms with Gasteiger partial charge < -0.3 is 20.3 Å². The Morgan fingerprint density at radius 1 is 1.16 bits per heavy atom. The molecule has 0 bridgehead atoms. The van der Waals surface area contributed by atoms with Crippen molar-refractivity contribution in [1.82, 2.24) is 15.5 Å². The van der Waals surface area contributed by atoms with E-state index in [1.165, 1.54) is 16.7 Å². The molecule has 43 heavy (non-hydrogen) atoms. The van der Waals surface area contributed by atoms with Crippen LogP contribution in [-0.2, 0) is 4.74 Å². The highest BCUT2D eigenvalue weighted by Gasteiger charge is 2.17. The second-order valence-electron chi connectivity index (χ2n) is 11.0. The third kappa shape index (κ3) is 10.2. The number of rotatable bonds is 16. The topological polar surface area (TPSA) is 48.9 Å². The Balaban J connectivity index is 2.43. The van der Waals surface area contributed by atoms with Gasteiger partial charge in [-0.1, -0.05) is 87.7 Å². The van der Waals surface area contributed by atoms with Crippen molar-refractivity contribution in [2.75, 3.05) is 20.7 Å². The summed E-state index contributed by atoms with van der Waals surface area (Å²) in [6.45, 7) is 30.0. The number of hydrogen-bond acceptors (Lipinski definition) is 5. The molecule has 5 nitrogen and oxygen atoms in total. The first-order valence-electron chi connectivity index (χ1n) is 15.0. The van der Waals surface area contributed by atoms with Crippen molar-refractivity contribution in [2.45, 2.75) is 66.8 Å². The van der Waals surface area contributed by atoms with Crippen LogP contribution < -0.4 is 10.6 Å². The average molecular weight is 581 g/mol. The van der Waals surface area contributed by atoms with Crippen LogP contribution in [-0.4, -0.2) is 31.3 Å². The third-order valence-corrected chi connectivity index (χ3v) is 7.53. The predicted molar refractivity (Wildman–Crippen MR) is 187 cm³/mol. The number of benzene rings is 1. The molecule has 0 saturated carbocycles. The minimum absolute atomic E-state index is 0.0871. The number of likely N-dealkylation sites (N-methyl/N-ethyl adjacent to an activating group) is 1. The minimum Gasteiger partial charge on any atom is -0.501 e. The molecule has 0 saturated heterocycles. The molecule has 0 aromatic heterocycles. The molecule has 0 aliphatic heterocycles. The van der Waals surface area contributed by atoms with Crippen LogP contribution in [0.15, 0.2) is 126 Å². The molecular formula is C38H52N4O. The van der Waals surface area contributed by atoms with Crippen molar-refractivity contribution in [3.05, 3.63) is 137 Å². The van der Waals surface area contributed by atoms with Gasteiger partial charge in [0.2, 0.25) is 0 Å². The standard InChI is InChI=1S/C38H52N4O/c1-13-17-35(33-20-21-34(26(4)5)27(6)23-33)41-30(9)36(40-29(8)14-2)24-37(42(11)15-3)31(10)39-25-32-18-16-19-38(43-12)28(7)22-32/h14-16,18,20-24,35,39,41H,3-4,9-10,13,17,19,25H2,1-2,5-8,11-12H3/b29-14+,37-24-,40-36+/t35-/m0/s1. The van der Waals surface area contributed by atoms with E-state index in [9.17, 15) is 0 Å². The fourth-order valence-electron chi connectivity index (χ4n) is 4.89. The molecule has 1 atom stereocenters. The van der Waals surface area contributed by atoms with Crippen molar-refractivity contribution in [1.29, 1.82) is 0 Å². The molecule has 2 N–H and O–H groups in total. The molecule has 0 amide bonds. The van der Waals surface area contributed by atoms with Crippen molar-refractivity contribution in [3.8, 4) is 0 Å². The summed E-state index contributed by atoms with van der Waals surface area (Å²) in [7, 11) is 3.67. The fourth-order valence-corrected chi connectivity index (χ4v) is 4.89. The molecule has 0 radical (unpaired) electrons. The number of nitrogens with zero attached hydrogens (tertiary/aromatic N) is 2. The lowest BCUT2D eigenvalue weighted by molar-refractivity contribution is 0.281. The van der Waals surface area contributed by atoms with Crippen LogP contribution in [0, 0.1) is 6.92 Å². The molecule has 230 valence electrons. The van der Waals surface area contributed by atoms with Gasteiger partial charge >= 0.3 is 0 Å². The number of hydrogen-bond donors (Lipinski definition) is 2. The number of aryl methyl sites for hydroxylation is 1. The smallest absolute Gasteiger partial charge is 0.102 e. The van der Waals surface area contributed by atoms with Gasteiger partial charge in [0.05, 0.1) is 36.0 Å². The van der Waals surface area contributed by atoms with E-state index >= 15 is 0 Å². The zero-order valence-electron chi connectivity index (χ0n) is 27.7. The largest absolute Gasteiger partial charge is 0.501 e. The Morgan fingerprint density at radius 2 is 1.88 bits per heavy atom. The van der Waals surface area contributed by atoms with Gasteiger partial charge in [0.1, 0.15) is 5.76 Å². The van der Waals surface area contributed by atoms with Crippen LogP contribution in [0.25, 0.3) is 5.57 Å². The number of ether oxygens (including phenoxy) is 1. The van der Waals surface area contributed by atoms with Crippen LogP contribution >= 0.6 is 0 Å². The Hall–Kier alpha value is -4.25. The van der Waals surface area contributed by atoms with Crippen molar-refractivity contribution >= 4 is 11.3 Å². The first kappa shape index (κ1) is 34.9. The second-order valence-corrected chi connectivity index (χ2v) is 11.0. The van der Waals surface area contributed by atoms with E-state index in [4.69, 9.17) is 9.73 Å². The summed E-state index contributed by atoms with van der Waals surface area (Å²) in [5.74, 6) is 0.978. The highest BCUT2D eigenvalue weighted by molar-refractivity contribution is 6.08. The second kappa shape index (κ2) is 17.0.